The van der Waals surface area contributed by atoms with Crippen molar-refractivity contribution < 1.29 is 52.6 Å². The van der Waals surface area contributed by atoms with E-state index in [0.29, 0.717) is 25.7 Å². The van der Waals surface area contributed by atoms with Gasteiger partial charge in [-0.25, -0.2) is 4.57 Å². The van der Waals surface area contributed by atoms with Crippen LogP contribution in [0.25, 0.3) is 0 Å². The van der Waals surface area contributed by atoms with Crippen molar-refractivity contribution in [1.82, 2.24) is 0 Å². The van der Waals surface area contributed by atoms with E-state index in [4.69, 9.17) is 24.8 Å². The number of carbonyl (C=O) groups is 3. The molecule has 13 heteroatoms. The Bertz CT molecular complexity index is 1420. The molecule has 61 heavy (non-hydrogen) atoms. The molecular formula is C48H78NO11P. The minimum Gasteiger partial charge on any atom is -0.480 e. The van der Waals surface area contributed by atoms with Crippen molar-refractivity contribution in [2.45, 2.75) is 167 Å². The Kier molecular flexibility index (Phi) is 39.2. The number of rotatable bonds is 40. The fraction of sp³-hybridized carbons (Fsp3) is 0.604. The number of ether oxygens (including phenoxy) is 2. The van der Waals surface area contributed by atoms with E-state index in [1.54, 1.807) is 18.2 Å². The highest BCUT2D eigenvalue weighted by molar-refractivity contribution is 7.47. The number of nitrogens with two attached hydrogens (primary N) is 1. The van der Waals surface area contributed by atoms with Gasteiger partial charge in [0.25, 0.3) is 0 Å². The predicted octanol–water partition coefficient (Wildman–Crippen LogP) is 11.0. The summed E-state index contributed by atoms with van der Waals surface area (Å²) in [6, 6.07) is -1.55. The van der Waals surface area contributed by atoms with Crippen LogP contribution in [-0.2, 0) is 37.5 Å². The molecule has 0 spiro atoms. The molecule has 346 valence electrons. The zero-order valence-electron chi connectivity index (χ0n) is 37.1. The summed E-state index contributed by atoms with van der Waals surface area (Å²) in [5.74, 6) is -2.58. The summed E-state index contributed by atoms with van der Waals surface area (Å²) >= 11 is 0. The second-order valence-corrected chi connectivity index (χ2v) is 16.1. The normalized spacial score (nSPS) is 15.1. The number of aliphatic hydroxyl groups is 1. The maximum atomic E-state index is 12.6. The molecule has 0 saturated heterocycles. The van der Waals surface area contributed by atoms with E-state index in [0.717, 1.165) is 57.8 Å². The Morgan fingerprint density at radius 3 is 1.64 bits per heavy atom. The number of carboxylic acids is 1. The van der Waals surface area contributed by atoms with E-state index in [9.17, 15) is 28.9 Å². The number of phosphoric acid groups is 1. The van der Waals surface area contributed by atoms with Gasteiger partial charge in [0, 0.05) is 12.8 Å². The molecule has 4 atom stereocenters. The Morgan fingerprint density at radius 2 is 1.08 bits per heavy atom. The smallest absolute Gasteiger partial charge is 0.472 e. The number of aliphatic carboxylic acids is 1. The van der Waals surface area contributed by atoms with Crippen molar-refractivity contribution in [3.05, 3.63) is 97.2 Å². The van der Waals surface area contributed by atoms with E-state index >= 15 is 0 Å². The van der Waals surface area contributed by atoms with Gasteiger partial charge in [0.15, 0.2) is 6.10 Å². The highest BCUT2D eigenvalue weighted by Gasteiger charge is 2.28. The average molecular weight is 876 g/mol. The Labute approximate surface area is 367 Å². The first kappa shape index (κ1) is 57.4. The van der Waals surface area contributed by atoms with E-state index < -0.39 is 63.8 Å². The average Bonchev–Trinajstić information content (AvgIpc) is 3.23. The molecule has 2 unspecified atom stereocenters. The number of carboxylic acid groups (broad SMARTS) is 1. The third-order valence-electron chi connectivity index (χ3n) is 8.89. The lowest BCUT2D eigenvalue weighted by Gasteiger charge is -2.20. The molecule has 0 bridgehead atoms. The van der Waals surface area contributed by atoms with Crippen molar-refractivity contribution in [2.75, 3.05) is 19.8 Å². The lowest BCUT2D eigenvalue weighted by molar-refractivity contribution is -0.161. The molecule has 0 aliphatic rings. The number of esters is 2. The summed E-state index contributed by atoms with van der Waals surface area (Å²) in [6.07, 6.45) is 49.3. The largest absolute Gasteiger partial charge is 0.480 e. The van der Waals surface area contributed by atoms with Crippen LogP contribution in [0.4, 0.5) is 0 Å². The van der Waals surface area contributed by atoms with Crippen LogP contribution in [0.3, 0.4) is 0 Å². The monoisotopic (exact) mass is 876 g/mol. The Hall–Kier alpha value is -3.64. The molecule has 0 radical (unpaired) electrons. The van der Waals surface area contributed by atoms with Crippen LogP contribution >= 0.6 is 7.82 Å². The Morgan fingerprint density at radius 1 is 0.590 bits per heavy atom. The fourth-order valence-electron chi connectivity index (χ4n) is 5.30. The van der Waals surface area contributed by atoms with Crippen LogP contribution in [0.2, 0.25) is 0 Å². The van der Waals surface area contributed by atoms with E-state index in [2.05, 4.69) is 79.1 Å². The van der Waals surface area contributed by atoms with Crippen LogP contribution in [0.5, 0.6) is 0 Å². The molecule has 0 rings (SSSR count). The van der Waals surface area contributed by atoms with Gasteiger partial charge in [0.1, 0.15) is 12.6 Å². The highest BCUT2D eigenvalue weighted by atomic mass is 31.2. The number of phosphoric ester groups is 1. The van der Waals surface area contributed by atoms with Crippen LogP contribution < -0.4 is 5.73 Å². The zero-order valence-corrected chi connectivity index (χ0v) is 38.0. The van der Waals surface area contributed by atoms with E-state index in [1.165, 1.54) is 38.5 Å². The molecule has 0 saturated carbocycles. The van der Waals surface area contributed by atoms with Crippen molar-refractivity contribution in [3.8, 4) is 0 Å². The third kappa shape index (κ3) is 41.5. The van der Waals surface area contributed by atoms with Crippen molar-refractivity contribution in [2.24, 2.45) is 5.73 Å². The van der Waals surface area contributed by atoms with E-state index in [1.807, 2.05) is 18.2 Å². The third-order valence-corrected chi connectivity index (χ3v) is 9.84. The van der Waals surface area contributed by atoms with Crippen molar-refractivity contribution in [1.29, 1.82) is 0 Å². The molecule has 0 aliphatic heterocycles. The summed E-state index contributed by atoms with van der Waals surface area (Å²) in [6.45, 7) is 2.55. The molecule has 12 nitrogen and oxygen atoms in total. The van der Waals surface area contributed by atoms with Gasteiger partial charge >= 0.3 is 25.7 Å². The van der Waals surface area contributed by atoms with Crippen LogP contribution in [-0.4, -0.2) is 71.1 Å². The maximum absolute atomic E-state index is 12.6. The van der Waals surface area contributed by atoms with Crippen LogP contribution in [0, 0.1) is 0 Å². The number of unbranched alkanes of at least 4 members (excludes halogenated alkanes) is 10. The number of allylic oxidation sites excluding steroid dienone is 14. The lowest BCUT2D eigenvalue weighted by atomic mass is 10.1. The number of hydrogen-bond donors (Lipinski definition) is 4. The van der Waals surface area contributed by atoms with Gasteiger partial charge in [0.05, 0.1) is 19.3 Å². The quantitative estimate of drug-likeness (QED) is 0.0150. The van der Waals surface area contributed by atoms with Gasteiger partial charge in [-0.05, 0) is 89.9 Å². The predicted molar refractivity (Wildman–Crippen MR) is 246 cm³/mol. The SMILES string of the molecule is CCCCC/C=C\C/C=C\C/C=C\C/C=C\CCCCCC(=O)O[C@H](COC(=O)CCC/C=C/C=C\C(O)C/C=C\C/C=C\CCCCC)COP(=O)(O)OC[C@H](N)C(=O)O. The zero-order chi connectivity index (χ0) is 45.1. The molecule has 0 aromatic rings. The first-order valence-electron chi connectivity index (χ1n) is 22.4. The minimum atomic E-state index is -4.77. The van der Waals surface area contributed by atoms with Gasteiger partial charge in [-0.3, -0.25) is 23.4 Å². The summed E-state index contributed by atoms with van der Waals surface area (Å²) in [7, 11) is -4.77. The summed E-state index contributed by atoms with van der Waals surface area (Å²) in [5, 5.41) is 19.0. The topological polar surface area (TPSA) is 192 Å². The van der Waals surface area contributed by atoms with Crippen molar-refractivity contribution in [3.63, 3.8) is 0 Å². The molecular weight excluding hydrogens is 797 g/mol. The fourth-order valence-corrected chi connectivity index (χ4v) is 6.07. The van der Waals surface area contributed by atoms with Gasteiger partial charge < -0.3 is 30.3 Å². The lowest BCUT2D eigenvalue weighted by Crippen LogP contribution is -2.34. The molecule has 0 aromatic carbocycles. The summed E-state index contributed by atoms with van der Waals surface area (Å²) in [4.78, 5) is 46.0. The second kappa shape index (κ2) is 41.7. The van der Waals surface area contributed by atoms with E-state index in [-0.39, 0.29) is 12.8 Å². The number of carbonyl (C=O) groups excluding carboxylic acids is 2. The molecule has 0 amide bonds. The number of aliphatic hydroxyl groups excluding tert-OH is 1. The van der Waals surface area contributed by atoms with Gasteiger partial charge in [0.2, 0.25) is 0 Å². The van der Waals surface area contributed by atoms with Gasteiger partial charge in [-0.1, -0.05) is 143 Å². The first-order chi connectivity index (χ1) is 29.5. The van der Waals surface area contributed by atoms with Crippen LogP contribution in [0.15, 0.2) is 97.2 Å². The molecule has 0 fully saturated rings. The molecule has 0 aliphatic carbocycles. The Balaban J connectivity index is 4.61. The molecule has 0 aromatic heterocycles. The summed E-state index contributed by atoms with van der Waals surface area (Å²) in [5.41, 5.74) is 5.32. The van der Waals surface area contributed by atoms with Gasteiger partial charge in [-0.15, -0.1) is 0 Å². The molecule has 5 N–H and O–H groups in total. The summed E-state index contributed by atoms with van der Waals surface area (Å²) < 4.78 is 32.6. The minimum absolute atomic E-state index is 0.0736. The highest BCUT2D eigenvalue weighted by Crippen LogP contribution is 2.43. The van der Waals surface area contributed by atoms with Crippen LogP contribution in [0.1, 0.15) is 149 Å². The molecule has 0 heterocycles. The standard InChI is InChI=1S/C48H78NO11P/c1-3-5-7-9-11-13-14-15-16-17-18-19-20-21-22-24-26-30-35-39-47(52)60-44(41-58-61(55,56)59-42-45(49)48(53)54)40-57-46(51)38-34-31-27-29-33-37-43(50)36-32-28-25-23-12-10-8-6-4-2/h11-13,15-16,18-19,21-23,27-29,32-33,37,43-45,50H,3-10,14,17,20,24-26,30-31,34-36,38-42,49H2,1-2H3,(H,53,54)(H,55,56)/b13-11-,16-15-,19-18-,22-21-,23-12-,29-27+,32-28-,37-33-/t43?,44-,45+/m1/s1. The second-order valence-electron chi connectivity index (χ2n) is 14.7. The maximum Gasteiger partial charge on any atom is 0.472 e. The van der Waals surface area contributed by atoms with Crippen molar-refractivity contribution >= 4 is 25.7 Å². The van der Waals surface area contributed by atoms with Gasteiger partial charge in [-0.2, -0.15) is 0 Å². The number of hydrogen-bond acceptors (Lipinski definition) is 10. The first-order valence-corrected chi connectivity index (χ1v) is 23.9.